The highest BCUT2D eigenvalue weighted by molar-refractivity contribution is 7.92. The number of sulfonamides is 1. The molecule has 24 heavy (non-hydrogen) atoms. The zero-order chi connectivity index (χ0) is 17.0. The molecule has 1 aromatic heterocycles. The molecule has 0 amide bonds. The van der Waals surface area contributed by atoms with Gasteiger partial charge in [-0.05, 0) is 31.1 Å². The van der Waals surface area contributed by atoms with Gasteiger partial charge >= 0.3 is 0 Å². The van der Waals surface area contributed by atoms with Crippen LogP contribution in [0.15, 0.2) is 48.0 Å². The van der Waals surface area contributed by atoms with E-state index in [0.29, 0.717) is 25.4 Å². The van der Waals surface area contributed by atoms with Crippen LogP contribution in [0.1, 0.15) is 17.5 Å². The van der Waals surface area contributed by atoms with Crippen molar-refractivity contribution in [3.05, 3.63) is 59.1 Å². The van der Waals surface area contributed by atoms with E-state index in [-0.39, 0.29) is 6.10 Å². The maximum atomic E-state index is 12.4. The summed E-state index contributed by atoms with van der Waals surface area (Å²) in [7, 11) is -3.46. The van der Waals surface area contributed by atoms with Crippen LogP contribution >= 0.6 is 0 Å². The molecule has 1 aliphatic rings. The Kier molecular flexibility index (Phi) is 4.92. The first-order chi connectivity index (χ1) is 11.5. The van der Waals surface area contributed by atoms with Crippen LogP contribution in [-0.4, -0.2) is 42.1 Å². The lowest BCUT2D eigenvalue weighted by molar-refractivity contribution is 0.205. The third-order valence-corrected chi connectivity index (χ3v) is 5.34. The van der Waals surface area contributed by atoms with Crippen LogP contribution in [0.4, 0.5) is 0 Å². The Labute approximate surface area is 141 Å². The molecule has 0 bridgehead atoms. The van der Waals surface area contributed by atoms with Crippen molar-refractivity contribution in [2.24, 2.45) is 0 Å². The van der Waals surface area contributed by atoms with Gasteiger partial charge in [0.2, 0.25) is 15.9 Å². The van der Waals surface area contributed by atoms with Crippen LogP contribution < -0.4 is 4.74 Å². The van der Waals surface area contributed by atoms with Crippen molar-refractivity contribution in [1.29, 1.82) is 0 Å². The highest BCUT2D eigenvalue weighted by Crippen LogP contribution is 2.20. The predicted octanol–water partition coefficient (Wildman–Crippen LogP) is 2.24. The Hall–Kier alpha value is -2.25. The molecule has 126 valence electrons. The molecule has 0 aliphatic carbocycles. The van der Waals surface area contributed by atoms with Crippen molar-refractivity contribution in [3.8, 4) is 5.88 Å². The average Bonchev–Trinajstić information content (AvgIpc) is 3.05. The number of aromatic nitrogens is 2. The summed E-state index contributed by atoms with van der Waals surface area (Å²) in [6, 6.07) is 11.1. The van der Waals surface area contributed by atoms with Gasteiger partial charge in [0, 0.05) is 24.2 Å². The molecule has 1 atom stereocenters. The molecular formula is C17H19N3O3S. The van der Waals surface area contributed by atoms with E-state index in [0.717, 1.165) is 11.1 Å². The Morgan fingerprint density at radius 2 is 2.04 bits per heavy atom. The number of benzene rings is 1. The summed E-state index contributed by atoms with van der Waals surface area (Å²) >= 11 is 0. The summed E-state index contributed by atoms with van der Waals surface area (Å²) in [4.78, 5) is 0. The molecule has 3 rings (SSSR count). The number of hydrogen-bond donors (Lipinski definition) is 0. The van der Waals surface area contributed by atoms with E-state index in [1.54, 1.807) is 24.4 Å². The number of hydrogen-bond acceptors (Lipinski definition) is 5. The van der Waals surface area contributed by atoms with Gasteiger partial charge in [-0.15, -0.1) is 5.10 Å². The molecule has 1 aliphatic heterocycles. The summed E-state index contributed by atoms with van der Waals surface area (Å²) < 4.78 is 32.0. The second-order valence-corrected chi connectivity index (χ2v) is 7.53. The van der Waals surface area contributed by atoms with Gasteiger partial charge in [-0.2, -0.15) is 9.40 Å². The standard InChI is InChI=1S/C17H19N3O3S/c1-14-4-6-15(7-5-14)9-12-24(21,22)20-11-8-16(13-20)23-17-3-2-10-18-19-17/h2-7,9-10,12,16H,8,11,13H2,1H3/b12-9+/t16-/m1/s1. The molecule has 6 nitrogen and oxygen atoms in total. The quantitative estimate of drug-likeness (QED) is 0.831. The van der Waals surface area contributed by atoms with E-state index in [1.165, 1.54) is 9.71 Å². The van der Waals surface area contributed by atoms with Crippen molar-refractivity contribution in [1.82, 2.24) is 14.5 Å². The highest BCUT2D eigenvalue weighted by atomic mass is 32.2. The number of nitrogens with zero attached hydrogens (tertiary/aromatic N) is 3. The second kappa shape index (κ2) is 7.11. The average molecular weight is 345 g/mol. The molecule has 0 N–H and O–H groups in total. The summed E-state index contributed by atoms with van der Waals surface area (Å²) in [6.45, 7) is 2.74. The van der Waals surface area contributed by atoms with Crippen LogP contribution in [0.5, 0.6) is 5.88 Å². The Morgan fingerprint density at radius 1 is 1.25 bits per heavy atom. The summed E-state index contributed by atoms with van der Waals surface area (Å²) in [5, 5.41) is 8.86. The molecule has 0 radical (unpaired) electrons. The molecule has 2 aromatic rings. The smallest absolute Gasteiger partial charge is 0.236 e. The van der Waals surface area contributed by atoms with Gasteiger partial charge in [0.05, 0.1) is 6.54 Å². The van der Waals surface area contributed by atoms with E-state index in [4.69, 9.17) is 4.74 Å². The van der Waals surface area contributed by atoms with Gasteiger partial charge in [-0.25, -0.2) is 8.42 Å². The zero-order valence-corrected chi connectivity index (χ0v) is 14.2. The molecular weight excluding hydrogens is 326 g/mol. The third kappa shape index (κ3) is 4.18. The summed E-state index contributed by atoms with van der Waals surface area (Å²) in [5.41, 5.74) is 1.99. The maximum Gasteiger partial charge on any atom is 0.236 e. The number of aryl methyl sites for hydroxylation is 1. The van der Waals surface area contributed by atoms with Gasteiger partial charge in [0.1, 0.15) is 6.10 Å². The molecule has 1 saturated heterocycles. The molecule has 0 saturated carbocycles. The third-order valence-electron chi connectivity index (χ3n) is 3.81. The van der Waals surface area contributed by atoms with Crippen LogP contribution in [-0.2, 0) is 10.0 Å². The molecule has 1 fully saturated rings. The van der Waals surface area contributed by atoms with Gasteiger partial charge < -0.3 is 4.74 Å². The molecule has 1 aromatic carbocycles. The van der Waals surface area contributed by atoms with Crippen LogP contribution in [0.25, 0.3) is 6.08 Å². The molecule has 0 spiro atoms. The molecule has 0 unspecified atom stereocenters. The number of rotatable bonds is 5. The Balaban J connectivity index is 1.62. The van der Waals surface area contributed by atoms with Crippen LogP contribution in [0.2, 0.25) is 0 Å². The van der Waals surface area contributed by atoms with E-state index >= 15 is 0 Å². The lowest BCUT2D eigenvalue weighted by atomic mass is 10.2. The fourth-order valence-electron chi connectivity index (χ4n) is 2.47. The van der Waals surface area contributed by atoms with Gasteiger partial charge in [-0.1, -0.05) is 29.8 Å². The second-order valence-electron chi connectivity index (χ2n) is 5.71. The minimum absolute atomic E-state index is 0.204. The lowest BCUT2D eigenvalue weighted by Gasteiger charge is -2.14. The van der Waals surface area contributed by atoms with Crippen LogP contribution in [0, 0.1) is 6.92 Å². The fourth-order valence-corrected chi connectivity index (χ4v) is 3.71. The van der Waals surface area contributed by atoms with Crippen molar-refractivity contribution in [2.75, 3.05) is 13.1 Å². The predicted molar refractivity (Wildman–Crippen MR) is 91.8 cm³/mol. The van der Waals surface area contributed by atoms with Crippen molar-refractivity contribution in [2.45, 2.75) is 19.4 Å². The minimum Gasteiger partial charge on any atom is -0.472 e. The highest BCUT2D eigenvalue weighted by Gasteiger charge is 2.31. The zero-order valence-electron chi connectivity index (χ0n) is 13.4. The SMILES string of the molecule is Cc1ccc(/C=C/S(=O)(=O)N2CC[C@@H](Oc3cccnn3)C2)cc1. The van der Waals surface area contributed by atoms with E-state index in [9.17, 15) is 8.42 Å². The van der Waals surface area contributed by atoms with E-state index < -0.39 is 10.0 Å². The van der Waals surface area contributed by atoms with Gasteiger partial charge in [0.25, 0.3) is 0 Å². The Bertz CT molecular complexity index is 805. The van der Waals surface area contributed by atoms with Crippen molar-refractivity contribution >= 4 is 16.1 Å². The summed E-state index contributed by atoms with van der Waals surface area (Å²) in [6.07, 6.45) is 3.61. The van der Waals surface area contributed by atoms with Crippen LogP contribution in [0.3, 0.4) is 0 Å². The monoisotopic (exact) mass is 345 g/mol. The van der Waals surface area contributed by atoms with Gasteiger partial charge in [-0.3, -0.25) is 0 Å². The largest absolute Gasteiger partial charge is 0.472 e. The van der Waals surface area contributed by atoms with Crippen molar-refractivity contribution in [3.63, 3.8) is 0 Å². The maximum absolute atomic E-state index is 12.4. The fraction of sp³-hybridized carbons (Fsp3) is 0.294. The van der Waals surface area contributed by atoms with Gasteiger partial charge in [0.15, 0.2) is 0 Å². The lowest BCUT2D eigenvalue weighted by Crippen LogP contribution is -2.29. The molecule has 2 heterocycles. The van der Waals surface area contributed by atoms with Crippen molar-refractivity contribution < 1.29 is 13.2 Å². The normalized spacial score (nSPS) is 19.0. The topological polar surface area (TPSA) is 72.4 Å². The first-order valence-electron chi connectivity index (χ1n) is 7.72. The minimum atomic E-state index is -3.46. The summed E-state index contributed by atoms with van der Waals surface area (Å²) in [5.74, 6) is 0.414. The Morgan fingerprint density at radius 3 is 2.75 bits per heavy atom. The van der Waals surface area contributed by atoms with E-state index in [2.05, 4.69) is 10.2 Å². The molecule has 7 heteroatoms. The number of ether oxygens (including phenoxy) is 1. The first kappa shape index (κ1) is 16.6. The first-order valence-corrected chi connectivity index (χ1v) is 9.22. The van der Waals surface area contributed by atoms with E-state index in [1.807, 2.05) is 31.2 Å².